The molecule has 3 rings (SSSR count). The van der Waals surface area contributed by atoms with Gasteiger partial charge in [0.1, 0.15) is 5.75 Å². The molecule has 2 aromatic carbocycles. The Labute approximate surface area is 149 Å². The highest BCUT2D eigenvalue weighted by molar-refractivity contribution is 8.18. The zero-order valence-corrected chi connectivity index (χ0v) is 14.4. The summed E-state index contributed by atoms with van der Waals surface area (Å²) in [6.45, 7) is 0.227. The van der Waals surface area contributed by atoms with Gasteiger partial charge in [-0.3, -0.25) is 14.5 Å². The van der Waals surface area contributed by atoms with Crippen LogP contribution in [0.15, 0.2) is 53.4 Å². The maximum absolute atomic E-state index is 12.5. The van der Waals surface area contributed by atoms with E-state index >= 15 is 0 Å². The third-order valence-corrected chi connectivity index (χ3v) is 4.71. The van der Waals surface area contributed by atoms with Crippen molar-refractivity contribution in [2.45, 2.75) is 6.54 Å². The number of para-hydroxylation sites is 1. The fourth-order valence-corrected chi connectivity index (χ4v) is 3.29. The predicted octanol–water partition coefficient (Wildman–Crippen LogP) is 4.59. The first kappa shape index (κ1) is 16.6. The Hall–Kier alpha value is -2.24. The number of halogens is 1. The van der Waals surface area contributed by atoms with Crippen LogP contribution < -0.4 is 4.74 Å². The van der Waals surface area contributed by atoms with Crippen molar-refractivity contribution in [2.24, 2.45) is 0 Å². The summed E-state index contributed by atoms with van der Waals surface area (Å²) in [5.74, 6) is 0.354. The number of ether oxygens (including phenoxy) is 1. The number of hydrogen-bond acceptors (Lipinski definition) is 4. The van der Waals surface area contributed by atoms with E-state index in [4.69, 9.17) is 16.3 Å². The molecule has 6 heteroatoms. The molecule has 1 heterocycles. The summed E-state index contributed by atoms with van der Waals surface area (Å²) >= 11 is 6.79. The summed E-state index contributed by atoms with van der Waals surface area (Å²) in [5, 5.41) is 0.333. The lowest BCUT2D eigenvalue weighted by molar-refractivity contribution is -0.123. The van der Waals surface area contributed by atoms with Crippen LogP contribution in [-0.2, 0) is 11.3 Å². The molecule has 0 radical (unpaired) electrons. The monoisotopic (exact) mass is 359 g/mol. The number of imide groups is 1. The van der Waals surface area contributed by atoms with E-state index in [0.29, 0.717) is 15.7 Å². The molecule has 1 saturated heterocycles. The topological polar surface area (TPSA) is 46.6 Å². The average molecular weight is 360 g/mol. The molecular formula is C18H14ClNO3S. The van der Waals surface area contributed by atoms with Gasteiger partial charge in [0.05, 0.1) is 18.6 Å². The smallest absolute Gasteiger partial charge is 0.293 e. The first-order valence-electron chi connectivity index (χ1n) is 7.21. The van der Waals surface area contributed by atoms with E-state index in [1.807, 2.05) is 24.3 Å². The summed E-state index contributed by atoms with van der Waals surface area (Å²) in [7, 11) is 1.57. The van der Waals surface area contributed by atoms with Crippen molar-refractivity contribution in [2.75, 3.05) is 7.11 Å². The number of hydrogen-bond donors (Lipinski definition) is 0. The van der Waals surface area contributed by atoms with Crippen molar-refractivity contribution in [1.29, 1.82) is 0 Å². The van der Waals surface area contributed by atoms with Gasteiger partial charge in [-0.25, -0.2) is 0 Å². The normalized spacial score (nSPS) is 16.1. The van der Waals surface area contributed by atoms with Gasteiger partial charge < -0.3 is 4.74 Å². The van der Waals surface area contributed by atoms with Crippen LogP contribution in [0, 0.1) is 0 Å². The average Bonchev–Trinajstić information content (AvgIpc) is 2.85. The lowest BCUT2D eigenvalue weighted by Crippen LogP contribution is -2.27. The van der Waals surface area contributed by atoms with Crippen LogP contribution in [0.25, 0.3) is 6.08 Å². The van der Waals surface area contributed by atoms with Gasteiger partial charge in [-0.15, -0.1) is 0 Å². The molecule has 2 amide bonds. The third kappa shape index (κ3) is 3.47. The fraction of sp³-hybridized carbons (Fsp3) is 0.111. The molecule has 0 atom stereocenters. The number of carbonyl (C=O) groups excluding carboxylic acids is 2. The minimum atomic E-state index is -0.300. The SMILES string of the molecule is COc1ccccc1C=C1SC(=O)N(Cc2ccc(Cl)cc2)C1=O. The van der Waals surface area contributed by atoms with E-state index in [1.54, 1.807) is 37.5 Å². The Kier molecular flexibility index (Phi) is 4.92. The van der Waals surface area contributed by atoms with Crippen molar-refractivity contribution in [3.8, 4) is 5.75 Å². The van der Waals surface area contributed by atoms with E-state index in [-0.39, 0.29) is 17.7 Å². The second-order valence-electron chi connectivity index (χ2n) is 5.14. The molecule has 122 valence electrons. The number of carbonyl (C=O) groups is 2. The predicted molar refractivity (Wildman–Crippen MR) is 96.0 cm³/mol. The third-order valence-electron chi connectivity index (χ3n) is 3.55. The molecule has 0 aliphatic carbocycles. The second kappa shape index (κ2) is 7.11. The minimum Gasteiger partial charge on any atom is -0.496 e. The molecule has 0 N–H and O–H groups in total. The molecule has 24 heavy (non-hydrogen) atoms. The van der Waals surface area contributed by atoms with Crippen LogP contribution in [0.2, 0.25) is 5.02 Å². The van der Waals surface area contributed by atoms with Crippen molar-refractivity contribution >= 4 is 40.6 Å². The van der Waals surface area contributed by atoms with E-state index in [0.717, 1.165) is 22.9 Å². The molecule has 0 unspecified atom stereocenters. The molecule has 1 fully saturated rings. The van der Waals surface area contributed by atoms with Crippen LogP contribution in [0.4, 0.5) is 4.79 Å². The van der Waals surface area contributed by atoms with Crippen LogP contribution in [0.1, 0.15) is 11.1 Å². The zero-order chi connectivity index (χ0) is 17.1. The quantitative estimate of drug-likeness (QED) is 0.749. The summed E-state index contributed by atoms with van der Waals surface area (Å²) < 4.78 is 5.28. The lowest BCUT2D eigenvalue weighted by atomic mass is 10.1. The molecular weight excluding hydrogens is 346 g/mol. The molecule has 0 bridgehead atoms. The van der Waals surface area contributed by atoms with Gasteiger partial charge in [-0.1, -0.05) is 41.9 Å². The van der Waals surface area contributed by atoms with Gasteiger partial charge >= 0.3 is 0 Å². The number of nitrogens with zero attached hydrogens (tertiary/aromatic N) is 1. The second-order valence-corrected chi connectivity index (χ2v) is 6.57. The van der Waals surface area contributed by atoms with Crippen molar-refractivity contribution in [3.63, 3.8) is 0 Å². The molecule has 1 aliphatic rings. The van der Waals surface area contributed by atoms with Gasteiger partial charge in [0, 0.05) is 10.6 Å². The van der Waals surface area contributed by atoms with Gasteiger partial charge in [-0.05, 0) is 41.6 Å². The fourth-order valence-electron chi connectivity index (χ4n) is 2.34. The highest BCUT2D eigenvalue weighted by atomic mass is 35.5. The van der Waals surface area contributed by atoms with Crippen molar-refractivity contribution in [1.82, 2.24) is 4.90 Å². The number of amides is 2. The number of rotatable bonds is 4. The number of methoxy groups -OCH3 is 1. The first-order valence-corrected chi connectivity index (χ1v) is 8.41. The maximum Gasteiger partial charge on any atom is 0.293 e. The molecule has 0 aromatic heterocycles. The number of thioether (sulfide) groups is 1. The highest BCUT2D eigenvalue weighted by Crippen LogP contribution is 2.34. The molecule has 0 saturated carbocycles. The molecule has 4 nitrogen and oxygen atoms in total. The first-order chi connectivity index (χ1) is 11.6. The van der Waals surface area contributed by atoms with Gasteiger partial charge in [0.15, 0.2) is 0 Å². The Bertz CT molecular complexity index is 817. The van der Waals surface area contributed by atoms with E-state index < -0.39 is 0 Å². The summed E-state index contributed by atoms with van der Waals surface area (Å²) in [6.07, 6.45) is 1.69. The van der Waals surface area contributed by atoms with Crippen LogP contribution in [-0.4, -0.2) is 23.2 Å². The molecule has 1 aliphatic heterocycles. The Morgan fingerprint density at radius 3 is 2.54 bits per heavy atom. The van der Waals surface area contributed by atoms with Crippen LogP contribution >= 0.6 is 23.4 Å². The summed E-state index contributed by atoms with van der Waals surface area (Å²) in [5.41, 5.74) is 1.61. The van der Waals surface area contributed by atoms with E-state index in [2.05, 4.69) is 0 Å². The van der Waals surface area contributed by atoms with Crippen molar-refractivity contribution in [3.05, 3.63) is 69.6 Å². The standard InChI is InChI=1S/C18H14ClNO3S/c1-23-15-5-3-2-4-13(15)10-16-17(21)20(18(22)24-16)11-12-6-8-14(19)9-7-12/h2-10H,11H2,1H3. The van der Waals surface area contributed by atoms with Crippen LogP contribution in [0.3, 0.4) is 0 Å². The number of benzene rings is 2. The van der Waals surface area contributed by atoms with Crippen LogP contribution in [0.5, 0.6) is 5.75 Å². The molecule has 2 aromatic rings. The lowest BCUT2D eigenvalue weighted by Gasteiger charge is -2.12. The zero-order valence-electron chi connectivity index (χ0n) is 12.9. The Morgan fingerprint density at radius 2 is 1.83 bits per heavy atom. The minimum absolute atomic E-state index is 0.227. The van der Waals surface area contributed by atoms with E-state index in [1.165, 1.54) is 4.90 Å². The highest BCUT2D eigenvalue weighted by Gasteiger charge is 2.35. The largest absolute Gasteiger partial charge is 0.496 e. The summed E-state index contributed by atoms with van der Waals surface area (Å²) in [4.78, 5) is 26.3. The van der Waals surface area contributed by atoms with Gasteiger partial charge in [-0.2, -0.15) is 0 Å². The van der Waals surface area contributed by atoms with Gasteiger partial charge in [0.2, 0.25) is 0 Å². The van der Waals surface area contributed by atoms with Crippen molar-refractivity contribution < 1.29 is 14.3 Å². The van der Waals surface area contributed by atoms with E-state index in [9.17, 15) is 9.59 Å². The Balaban J connectivity index is 1.83. The molecule has 0 spiro atoms. The Morgan fingerprint density at radius 1 is 1.12 bits per heavy atom. The summed E-state index contributed by atoms with van der Waals surface area (Å²) in [6, 6.07) is 14.4. The maximum atomic E-state index is 12.5. The van der Waals surface area contributed by atoms with Gasteiger partial charge in [0.25, 0.3) is 11.1 Å².